The molecule has 2 aliphatic rings. The number of rotatable bonds is 2. The lowest BCUT2D eigenvalue weighted by Gasteiger charge is -2.14. The van der Waals surface area contributed by atoms with E-state index in [0.29, 0.717) is 5.92 Å². The van der Waals surface area contributed by atoms with Crippen LogP contribution in [-0.2, 0) is 24.1 Å². The molecule has 0 spiro atoms. The molecule has 0 fully saturated rings. The lowest BCUT2D eigenvalue weighted by atomic mass is 9.95. The molecule has 0 N–H and O–H groups in total. The van der Waals surface area contributed by atoms with Gasteiger partial charge >= 0.3 is 0 Å². The lowest BCUT2D eigenvalue weighted by Crippen LogP contribution is -1.98. The van der Waals surface area contributed by atoms with Crippen LogP contribution >= 0.6 is 22.6 Å². The molecule has 0 amide bonds. The second kappa shape index (κ2) is 4.54. The zero-order chi connectivity index (χ0) is 11.8. The van der Waals surface area contributed by atoms with Gasteiger partial charge in [-0.25, -0.2) is 4.79 Å². The van der Waals surface area contributed by atoms with Gasteiger partial charge in [0, 0.05) is 4.43 Å². The average molecular weight is 339 g/mol. The molecule has 1 aromatic carbocycles. The van der Waals surface area contributed by atoms with Gasteiger partial charge < -0.3 is 0 Å². The number of aryl methyl sites for hydroxylation is 2. The molecule has 0 aromatic heterocycles. The second-order valence-corrected chi connectivity index (χ2v) is 5.76. The summed E-state index contributed by atoms with van der Waals surface area (Å²) in [4.78, 5) is 14.7. The maximum atomic E-state index is 10.7. The number of carbonyl (C=O) groups excluding carboxylic acids is 1. The van der Waals surface area contributed by atoms with Crippen molar-refractivity contribution in [1.29, 1.82) is 0 Å². The van der Waals surface area contributed by atoms with E-state index in [4.69, 9.17) is 0 Å². The molecule has 2 aliphatic carbocycles. The minimum Gasteiger partial charge on any atom is -0.211 e. The van der Waals surface area contributed by atoms with Crippen LogP contribution in [0.5, 0.6) is 0 Å². The molecule has 2 nitrogen and oxygen atoms in total. The summed E-state index contributed by atoms with van der Waals surface area (Å²) in [5.74, 6) is 0.587. The molecule has 3 heteroatoms. The van der Waals surface area contributed by atoms with Crippen LogP contribution in [0.3, 0.4) is 0 Å². The predicted octanol–water partition coefficient (Wildman–Crippen LogP) is 3.61. The van der Waals surface area contributed by atoms with Gasteiger partial charge in [0.2, 0.25) is 6.08 Å². The minimum absolute atomic E-state index is 0.587. The number of fused-ring (bicyclic) bond motifs is 2. The van der Waals surface area contributed by atoms with Gasteiger partial charge in [0.1, 0.15) is 0 Å². The van der Waals surface area contributed by atoms with Crippen LogP contribution in [0.15, 0.2) is 11.1 Å². The van der Waals surface area contributed by atoms with Gasteiger partial charge in [-0.05, 0) is 60.3 Å². The Balaban J connectivity index is 2.25. The van der Waals surface area contributed by atoms with E-state index in [1.807, 2.05) is 0 Å². The van der Waals surface area contributed by atoms with Crippen molar-refractivity contribution >= 4 is 34.4 Å². The number of nitrogens with zero attached hydrogens (tertiary/aromatic N) is 1. The van der Waals surface area contributed by atoms with Crippen LogP contribution in [0.2, 0.25) is 0 Å². The fourth-order valence-electron chi connectivity index (χ4n) is 3.26. The van der Waals surface area contributed by atoms with Gasteiger partial charge in [-0.1, -0.05) is 28.7 Å². The summed E-state index contributed by atoms with van der Waals surface area (Å²) < 4.78 is 1.12. The Labute approximate surface area is 115 Å². The Morgan fingerprint density at radius 2 is 2.24 bits per heavy atom. The summed E-state index contributed by atoms with van der Waals surface area (Å²) in [6, 6.07) is 2.37. The van der Waals surface area contributed by atoms with Crippen molar-refractivity contribution < 1.29 is 4.79 Å². The summed E-state index contributed by atoms with van der Waals surface area (Å²) >= 11 is 2.44. The van der Waals surface area contributed by atoms with Crippen molar-refractivity contribution in [3.8, 4) is 0 Å². The van der Waals surface area contributed by atoms with Crippen molar-refractivity contribution in [2.75, 3.05) is 4.43 Å². The molecule has 0 saturated carbocycles. The van der Waals surface area contributed by atoms with Crippen LogP contribution in [0.1, 0.15) is 41.0 Å². The highest BCUT2D eigenvalue weighted by atomic mass is 127. The van der Waals surface area contributed by atoms with Crippen molar-refractivity contribution in [3.05, 3.63) is 28.3 Å². The minimum atomic E-state index is 0.587. The Morgan fingerprint density at radius 1 is 1.35 bits per heavy atom. The van der Waals surface area contributed by atoms with E-state index in [0.717, 1.165) is 29.4 Å². The normalized spacial score (nSPS) is 20.9. The van der Waals surface area contributed by atoms with E-state index in [1.54, 1.807) is 6.08 Å². The Morgan fingerprint density at radius 3 is 3.00 bits per heavy atom. The van der Waals surface area contributed by atoms with Gasteiger partial charge in [-0.2, -0.15) is 4.99 Å². The first-order chi connectivity index (χ1) is 8.35. The number of hydrogen-bond acceptors (Lipinski definition) is 2. The smallest absolute Gasteiger partial charge is 0.211 e. The highest BCUT2D eigenvalue weighted by Crippen LogP contribution is 2.45. The van der Waals surface area contributed by atoms with Crippen molar-refractivity contribution in [2.45, 2.75) is 38.0 Å². The molecule has 88 valence electrons. The van der Waals surface area contributed by atoms with Crippen LogP contribution in [0.25, 0.3) is 0 Å². The lowest BCUT2D eigenvalue weighted by molar-refractivity contribution is 0.565. The van der Waals surface area contributed by atoms with E-state index in [2.05, 4.69) is 33.6 Å². The Kier molecular flexibility index (Phi) is 3.05. The highest BCUT2D eigenvalue weighted by molar-refractivity contribution is 14.1. The predicted molar refractivity (Wildman–Crippen MR) is 76.2 cm³/mol. The number of isocyanates is 1. The average Bonchev–Trinajstić information content (AvgIpc) is 2.94. The van der Waals surface area contributed by atoms with Gasteiger partial charge in [-0.3, -0.25) is 0 Å². The number of halogens is 1. The quantitative estimate of drug-likeness (QED) is 0.350. The van der Waals surface area contributed by atoms with Gasteiger partial charge in [0.15, 0.2) is 0 Å². The Bertz CT molecular complexity index is 517. The third kappa shape index (κ3) is 1.76. The van der Waals surface area contributed by atoms with Gasteiger partial charge in [-0.15, -0.1) is 0 Å². The Hall–Kier alpha value is -0.670. The molecular formula is C14H14INO. The summed E-state index contributed by atoms with van der Waals surface area (Å²) in [5, 5.41) is 0. The van der Waals surface area contributed by atoms with E-state index in [1.165, 1.54) is 35.1 Å². The standard InChI is InChI=1S/C14H14INO/c15-7-11-5-4-10-6-9-2-1-3-12(9)14(13(10)11)16-8-17/h6,11H,1-5,7H2. The fraction of sp³-hybridized carbons (Fsp3) is 0.500. The SMILES string of the molecule is O=C=Nc1c2c(cc3c1C(CI)CC3)CCC2. The molecule has 0 bridgehead atoms. The molecule has 0 aliphatic heterocycles. The first-order valence-corrected chi connectivity index (χ1v) is 7.69. The number of hydrogen-bond donors (Lipinski definition) is 0. The van der Waals surface area contributed by atoms with Crippen LogP contribution in [0, 0.1) is 0 Å². The molecule has 3 rings (SSSR count). The zero-order valence-electron chi connectivity index (χ0n) is 9.63. The molecule has 1 aromatic rings. The van der Waals surface area contributed by atoms with E-state index in [-0.39, 0.29) is 0 Å². The van der Waals surface area contributed by atoms with Crippen molar-refractivity contribution in [1.82, 2.24) is 0 Å². The summed E-state index contributed by atoms with van der Waals surface area (Å²) in [5.41, 5.74) is 6.50. The van der Waals surface area contributed by atoms with Crippen molar-refractivity contribution in [3.63, 3.8) is 0 Å². The van der Waals surface area contributed by atoms with Crippen molar-refractivity contribution in [2.24, 2.45) is 4.99 Å². The third-order valence-corrected chi connectivity index (χ3v) is 5.07. The van der Waals surface area contributed by atoms with Crippen LogP contribution in [0.4, 0.5) is 5.69 Å². The van der Waals surface area contributed by atoms with E-state index < -0.39 is 0 Å². The fourth-order valence-corrected chi connectivity index (χ4v) is 4.14. The summed E-state index contributed by atoms with van der Waals surface area (Å²) in [6.07, 6.45) is 7.56. The highest BCUT2D eigenvalue weighted by Gasteiger charge is 2.29. The monoisotopic (exact) mass is 339 g/mol. The topological polar surface area (TPSA) is 29.4 Å². The molecular weight excluding hydrogens is 325 g/mol. The van der Waals surface area contributed by atoms with Crippen LogP contribution < -0.4 is 0 Å². The zero-order valence-corrected chi connectivity index (χ0v) is 11.8. The second-order valence-electron chi connectivity index (χ2n) is 4.88. The molecule has 0 saturated heterocycles. The van der Waals surface area contributed by atoms with E-state index >= 15 is 0 Å². The first-order valence-electron chi connectivity index (χ1n) is 6.16. The number of benzene rings is 1. The third-order valence-electron chi connectivity index (χ3n) is 4.01. The summed E-state index contributed by atoms with van der Waals surface area (Å²) in [7, 11) is 0. The molecule has 0 radical (unpaired) electrons. The molecule has 1 atom stereocenters. The van der Waals surface area contributed by atoms with Gasteiger partial charge in [0.05, 0.1) is 5.69 Å². The van der Waals surface area contributed by atoms with E-state index in [9.17, 15) is 4.79 Å². The summed E-state index contributed by atoms with van der Waals surface area (Å²) in [6.45, 7) is 0. The maximum absolute atomic E-state index is 10.7. The first kappa shape index (κ1) is 11.4. The number of aliphatic imine (C=N–C) groups is 1. The number of alkyl halides is 1. The van der Waals surface area contributed by atoms with Crippen LogP contribution in [-0.4, -0.2) is 10.5 Å². The van der Waals surface area contributed by atoms with Gasteiger partial charge in [0.25, 0.3) is 0 Å². The molecule has 1 unspecified atom stereocenters. The largest absolute Gasteiger partial charge is 0.240 e. The molecule has 17 heavy (non-hydrogen) atoms. The molecule has 0 heterocycles. The maximum Gasteiger partial charge on any atom is 0.240 e.